The fourth-order valence-corrected chi connectivity index (χ4v) is 3.43. The molecule has 0 unspecified atom stereocenters. The molecule has 1 fully saturated rings. The van der Waals surface area contributed by atoms with Gasteiger partial charge in [-0.3, -0.25) is 0 Å². The molecular formula is C22H32O. The molecule has 1 heteroatoms. The molecule has 0 saturated heterocycles. The molecule has 0 aliphatic heterocycles. The molecule has 0 bridgehead atoms. The lowest BCUT2D eigenvalue weighted by Gasteiger charge is -2.28. The molecule has 0 spiro atoms. The molecule has 126 valence electrons. The Bertz CT molecular complexity index is 475. The minimum Gasteiger partial charge on any atom is -0.373 e. The van der Waals surface area contributed by atoms with Crippen LogP contribution in [0.2, 0.25) is 0 Å². The lowest BCUT2D eigenvalue weighted by molar-refractivity contribution is 0.148. The predicted molar refractivity (Wildman–Crippen MR) is 99.7 cm³/mol. The van der Waals surface area contributed by atoms with Crippen LogP contribution in [0, 0.1) is 5.92 Å². The summed E-state index contributed by atoms with van der Waals surface area (Å²) < 4.78 is 5.67. The van der Waals surface area contributed by atoms with Gasteiger partial charge in [-0.15, -0.1) is 0 Å². The van der Waals surface area contributed by atoms with Crippen LogP contribution in [0.25, 0.3) is 0 Å². The Morgan fingerprint density at radius 1 is 1.00 bits per heavy atom. The molecule has 0 aromatic heterocycles. The van der Waals surface area contributed by atoms with Crippen LogP contribution in [0.15, 0.2) is 48.6 Å². The average molecular weight is 312 g/mol. The molecule has 0 radical (unpaired) electrons. The van der Waals surface area contributed by atoms with E-state index in [1.807, 2.05) is 0 Å². The molecule has 0 atom stereocenters. The highest BCUT2D eigenvalue weighted by Gasteiger charge is 2.21. The third-order valence-electron chi connectivity index (χ3n) is 4.89. The Balaban J connectivity index is 1.75. The largest absolute Gasteiger partial charge is 0.373 e. The number of ether oxygens (including phenoxy) is 1. The molecule has 0 heterocycles. The van der Waals surface area contributed by atoms with Gasteiger partial charge in [0.25, 0.3) is 0 Å². The first-order chi connectivity index (χ1) is 11.3. The summed E-state index contributed by atoms with van der Waals surface area (Å²) in [5.41, 5.74) is 2.80. The van der Waals surface area contributed by atoms with Gasteiger partial charge >= 0.3 is 0 Å². The molecule has 1 saturated carbocycles. The van der Waals surface area contributed by atoms with Crippen molar-refractivity contribution in [2.24, 2.45) is 5.92 Å². The Kier molecular flexibility index (Phi) is 8.17. The third kappa shape index (κ3) is 6.35. The van der Waals surface area contributed by atoms with E-state index in [4.69, 9.17) is 4.74 Å². The van der Waals surface area contributed by atoms with Crippen molar-refractivity contribution in [3.05, 3.63) is 59.7 Å². The van der Waals surface area contributed by atoms with Crippen LogP contribution < -0.4 is 0 Å². The number of benzene rings is 1. The summed E-state index contributed by atoms with van der Waals surface area (Å²) in [4.78, 5) is 0. The maximum absolute atomic E-state index is 5.67. The van der Waals surface area contributed by atoms with Gasteiger partial charge in [0.15, 0.2) is 0 Å². The maximum atomic E-state index is 5.67. The quantitative estimate of drug-likeness (QED) is 0.398. The lowest BCUT2D eigenvalue weighted by atomic mass is 9.77. The van der Waals surface area contributed by atoms with Crippen molar-refractivity contribution < 1.29 is 4.74 Å². The number of allylic oxidation sites excluding steroid dienone is 3. The van der Waals surface area contributed by atoms with Crippen molar-refractivity contribution in [2.75, 3.05) is 6.61 Å². The SMILES string of the molecule is CC=CC[C@H]1CC[C@H](c2ccc(COCC=CCC)cc2)CC1. The van der Waals surface area contributed by atoms with E-state index < -0.39 is 0 Å². The van der Waals surface area contributed by atoms with Gasteiger partial charge in [0.05, 0.1) is 13.2 Å². The molecule has 1 aromatic rings. The van der Waals surface area contributed by atoms with Gasteiger partial charge in [-0.25, -0.2) is 0 Å². The molecule has 0 N–H and O–H groups in total. The van der Waals surface area contributed by atoms with Gasteiger partial charge in [-0.2, -0.15) is 0 Å². The summed E-state index contributed by atoms with van der Waals surface area (Å²) in [5, 5.41) is 0. The van der Waals surface area contributed by atoms with Crippen molar-refractivity contribution in [1.29, 1.82) is 0 Å². The Hall–Kier alpha value is -1.34. The van der Waals surface area contributed by atoms with Crippen molar-refractivity contribution in [3.8, 4) is 0 Å². The second kappa shape index (κ2) is 10.4. The monoisotopic (exact) mass is 312 g/mol. The minimum absolute atomic E-state index is 0.713. The third-order valence-corrected chi connectivity index (χ3v) is 4.89. The van der Waals surface area contributed by atoms with Gasteiger partial charge in [0, 0.05) is 0 Å². The number of hydrogen-bond acceptors (Lipinski definition) is 1. The summed E-state index contributed by atoms with van der Waals surface area (Å²) in [6.45, 7) is 5.69. The van der Waals surface area contributed by atoms with Gasteiger partial charge in [-0.1, -0.05) is 55.5 Å². The van der Waals surface area contributed by atoms with E-state index in [-0.39, 0.29) is 0 Å². The second-order valence-corrected chi connectivity index (χ2v) is 6.66. The lowest BCUT2D eigenvalue weighted by Crippen LogP contribution is -2.12. The van der Waals surface area contributed by atoms with E-state index in [0.717, 1.165) is 18.3 Å². The molecule has 0 amide bonds. The van der Waals surface area contributed by atoms with Gasteiger partial charge in [-0.05, 0) is 68.4 Å². The first-order valence-electron chi connectivity index (χ1n) is 9.26. The predicted octanol–water partition coefficient (Wildman–Crippen LogP) is 6.41. The smallest absolute Gasteiger partial charge is 0.0721 e. The van der Waals surface area contributed by atoms with Crippen molar-refractivity contribution in [1.82, 2.24) is 0 Å². The summed E-state index contributed by atoms with van der Waals surface area (Å²) in [6.07, 6.45) is 16.6. The van der Waals surface area contributed by atoms with Gasteiger partial charge < -0.3 is 4.74 Å². The Morgan fingerprint density at radius 3 is 2.39 bits per heavy atom. The second-order valence-electron chi connectivity index (χ2n) is 6.66. The standard InChI is InChI=1S/C22H32O/c1-3-5-7-17-23-18-20-11-15-22(16-12-20)21-13-9-19(10-14-21)8-6-4-2/h4-7,11-12,15-16,19,21H,3,8-10,13-14,17-18H2,1-2H3/t19-,21-. The van der Waals surface area contributed by atoms with Crippen LogP contribution in [0.4, 0.5) is 0 Å². The molecule has 1 nitrogen and oxygen atoms in total. The van der Waals surface area contributed by atoms with Crippen LogP contribution in [0.5, 0.6) is 0 Å². The van der Waals surface area contributed by atoms with E-state index in [9.17, 15) is 0 Å². The van der Waals surface area contributed by atoms with E-state index in [1.54, 1.807) is 0 Å². The van der Waals surface area contributed by atoms with Gasteiger partial charge in [0.2, 0.25) is 0 Å². The van der Waals surface area contributed by atoms with E-state index in [1.165, 1.54) is 43.2 Å². The first kappa shape index (κ1) is 18.0. The molecule has 1 aliphatic carbocycles. The highest BCUT2D eigenvalue weighted by molar-refractivity contribution is 5.25. The van der Waals surface area contributed by atoms with E-state index in [2.05, 4.69) is 62.4 Å². The zero-order chi connectivity index (χ0) is 16.3. The van der Waals surface area contributed by atoms with Crippen molar-refractivity contribution in [2.45, 2.75) is 64.9 Å². The van der Waals surface area contributed by atoms with E-state index >= 15 is 0 Å². The summed E-state index contributed by atoms with van der Waals surface area (Å²) in [5.74, 6) is 1.67. The zero-order valence-electron chi connectivity index (χ0n) is 14.8. The molecule has 23 heavy (non-hydrogen) atoms. The van der Waals surface area contributed by atoms with Crippen LogP contribution >= 0.6 is 0 Å². The molecular weight excluding hydrogens is 280 g/mol. The zero-order valence-corrected chi connectivity index (χ0v) is 14.8. The summed E-state index contributed by atoms with van der Waals surface area (Å²) in [7, 11) is 0. The van der Waals surface area contributed by atoms with E-state index in [0.29, 0.717) is 13.2 Å². The van der Waals surface area contributed by atoms with Crippen LogP contribution in [0.3, 0.4) is 0 Å². The molecule has 1 aliphatic rings. The maximum Gasteiger partial charge on any atom is 0.0721 e. The normalized spacial score (nSPS) is 22.2. The number of rotatable bonds is 8. The minimum atomic E-state index is 0.713. The average Bonchev–Trinajstić information content (AvgIpc) is 2.61. The van der Waals surface area contributed by atoms with Crippen molar-refractivity contribution in [3.63, 3.8) is 0 Å². The number of hydrogen-bond donors (Lipinski definition) is 0. The first-order valence-corrected chi connectivity index (χ1v) is 9.26. The Labute approximate surface area is 142 Å². The van der Waals surface area contributed by atoms with Crippen LogP contribution in [-0.2, 0) is 11.3 Å². The summed E-state index contributed by atoms with van der Waals surface area (Å²) >= 11 is 0. The molecule has 1 aromatic carbocycles. The molecule has 2 rings (SSSR count). The van der Waals surface area contributed by atoms with Gasteiger partial charge in [0.1, 0.15) is 0 Å². The van der Waals surface area contributed by atoms with Crippen molar-refractivity contribution >= 4 is 0 Å². The fourth-order valence-electron chi connectivity index (χ4n) is 3.43. The van der Waals surface area contributed by atoms with Crippen LogP contribution in [0.1, 0.15) is 69.4 Å². The van der Waals surface area contributed by atoms with Crippen LogP contribution in [-0.4, -0.2) is 6.61 Å². The topological polar surface area (TPSA) is 9.23 Å². The Morgan fingerprint density at radius 2 is 1.74 bits per heavy atom. The summed E-state index contributed by atoms with van der Waals surface area (Å²) in [6, 6.07) is 9.12. The highest BCUT2D eigenvalue weighted by Crippen LogP contribution is 2.37. The fraction of sp³-hybridized carbons (Fsp3) is 0.545. The highest BCUT2D eigenvalue weighted by atomic mass is 16.5.